The first-order valence-corrected chi connectivity index (χ1v) is 7.82. The van der Waals surface area contributed by atoms with E-state index in [2.05, 4.69) is 0 Å². The van der Waals surface area contributed by atoms with E-state index in [1.54, 1.807) is 0 Å². The van der Waals surface area contributed by atoms with Gasteiger partial charge in [-0.2, -0.15) is 0 Å². The van der Waals surface area contributed by atoms with Crippen molar-refractivity contribution in [3.63, 3.8) is 0 Å². The van der Waals surface area contributed by atoms with Crippen LogP contribution in [0.2, 0.25) is 20.1 Å². The lowest BCUT2D eigenvalue weighted by Gasteiger charge is -2.11. The molecule has 0 fully saturated rings. The van der Waals surface area contributed by atoms with E-state index < -0.39 is 5.97 Å². The summed E-state index contributed by atoms with van der Waals surface area (Å²) in [4.78, 5) is 11.9. The molecule has 0 aliphatic heterocycles. The number of carbonyl (C=O) groups is 1. The highest BCUT2D eigenvalue weighted by Crippen LogP contribution is 2.36. The van der Waals surface area contributed by atoms with Crippen LogP contribution in [-0.2, 0) is 4.74 Å². The zero-order chi connectivity index (χ0) is 17.0. The highest BCUT2D eigenvalue weighted by Gasteiger charge is 2.12. The van der Waals surface area contributed by atoms with Gasteiger partial charge in [0.25, 0.3) is 0 Å². The van der Waals surface area contributed by atoms with Gasteiger partial charge in [0.1, 0.15) is 19.0 Å². The van der Waals surface area contributed by atoms with Gasteiger partial charge in [0.15, 0.2) is 5.75 Å². The monoisotopic (exact) mass is 394 g/mol. The van der Waals surface area contributed by atoms with Gasteiger partial charge in [0, 0.05) is 22.2 Å². The van der Waals surface area contributed by atoms with Crippen molar-refractivity contribution in [1.82, 2.24) is 0 Å². The Morgan fingerprint density at radius 2 is 1.48 bits per heavy atom. The lowest BCUT2D eigenvalue weighted by molar-refractivity contribution is 0.0450. The van der Waals surface area contributed by atoms with E-state index in [0.717, 1.165) is 0 Å². The molecule has 0 atom stereocenters. The summed E-state index contributed by atoms with van der Waals surface area (Å²) < 4.78 is 10.4. The number of ether oxygens (including phenoxy) is 2. The largest absolute Gasteiger partial charge is 0.508 e. The Morgan fingerprint density at radius 1 is 0.913 bits per heavy atom. The van der Waals surface area contributed by atoms with Gasteiger partial charge in [0.2, 0.25) is 0 Å². The van der Waals surface area contributed by atoms with Gasteiger partial charge in [-0.05, 0) is 18.2 Å². The highest BCUT2D eigenvalue weighted by molar-refractivity contribution is 6.37. The first-order chi connectivity index (χ1) is 10.9. The number of benzene rings is 2. The molecule has 0 aromatic heterocycles. The molecule has 0 aliphatic rings. The molecule has 4 nitrogen and oxygen atoms in total. The van der Waals surface area contributed by atoms with Crippen molar-refractivity contribution in [1.29, 1.82) is 0 Å². The van der Waals surface area contributed by atoms with E-state index >= 15 is 0 Å². The van der Waals surface area contributed by atoms with Crippen LogP contribution in [0.15, 0.2) is 30.3 Å². The molecule has 0 amide bonds. The van der Waals surface area contributed by atoms with Crippen molar-refractivity contribution in [2.45, 2.75) is 0 Å². The molecule has 0 unspecified atom stereocenters. The topological polar surface area (TPSA) is 55.8 Å². The van der Waals surface area contributed by atoms with Crippen LogP contribution >= 0.6 is 46.4 Å². The maximum atomic E-state index is 11.9. The van der Waals surface area contributed by atoms with Gasteiger partial charge in [-0.25, -0.2) is 4.79 Å². The minimum absolute atomic E-state index is 0.0313. The summed E-state index contributed by atoms with van der Waals surface area (Å²) in [6.07, 6.45) is 0. The number of phenols is 1. The van der Waals surface area contributed by atoms with E-state index in [9.17, 15) is 9.90 Å². The van der Waals surface area contributed by atoms with Crippen molar-refractivity contribution in [3.8, 4) is 11.5 Å². The molecule has 0 saturated heterocycles. The fourth-order valence-corrected chi connectivity index (χ4v) is 2.83. The summed E-state index contributed by atoms with van der Waals surface area (Å²) in [6.45, 7) is 0.000747. The minimum atomic E-state index is -0.582. The molecule has 2 aromatic carbocycles. The van der Waals surface area contributed by atoms with Gasteiger partial charge < -0.3 is 14.6 Å². The SMILES string of the molecule is O=C(OCCOc1c(Cl)cc(O)cc1Cl)c1cc(Cl)cc(Cl)c1. The van der Waals surface area contributed by atoms with Crippen LogP contribution in [0.3, 0.4) is 0 Å². The van der Waals surface area contributed by atoms with Crippen molar-refractivity contribution < 1.29 is 19.4 Å². The molecule has 1 N–H and O–H groups in total. The Labute approximate surface area is 152 Å². The van der Waals surface area contributed by atoms with E-state index in [1.165, 1.54) is 30.3 Å². The summed E-state index contributed by atoms with van der Waals surface area (Å²) in [6, 6.07) is 7.00. The van der Waals surface area contributed by atoms with Crippen LogP contribution in [0.5, 0.6) is 11.5 Å². The first-order valence-electron chi connectivity index (χ1n) is 6.31. The Balaban J connectivity index is 1.89. The number of hydrogen-bond acceptors (Lipinski definition) is 4. The molecule has 0 bridgehead atoms. The molecule has 2 aromatic rings. The molecule has 2 rings (SSSR count). The predicted molar refractivity (Wildman–Crippen MR) is 90.4 cm³/mol. The molecule has 23 heavy (non-hydrogen) atoms. The summed E-state index contributed by atoms with van der Waals surface area (Å²) >= 11 is 23.4. The average molecular weight is 396 g/mol. The number of phenolic OH excluding ortho intramolecular Hbond substituents is 1. The summed E-state index contributed by atoms with van der Waals surface area (Å²) in [5.74, 6) is -0.453. The van der Waals surface area contributed by atoms with E-state index in [-0.39, 0.29) is 40.3 Å². The Hall–Kier alpha value is -1.33. The van der Waals surface area contributed by atoms with Crippen molar-refractivity contribution in [3.05, 3.63) is 56.0 Å². The Bertz CT molecular complexity index is 690. The third-order valence-corrected chi connectivity index (χ3v) is 3.64. The Morgan fingerprint density at radius 3 is 2.04 bits per heavy atom. The molecule has 122 valence electrons. The van der Waals surface area contributed by atoms with E-state index in [0.29, 0.717) is 10.0 Å². The molecule has 8 heteroatoms. The molecule has 0 radical (unpaired) electrons. The van der Waals surface area contributed by atoms with Crippen LogP contribution in [0.4, 0.5) is 0 Å². The molecule has 0 heterocycles. The third-order valence-electron chi connectivity index (χ3n) is 2.64. The van der Waals surface area contributed by atoms with Gasteiger partial charge in [-0.3, -0.25) is 0 Å². The second-order valence-electron chi connectivity index (χ2n) is 4.38. The van der Waals surface area contributed by atoms with E-state index in [4.69, 9.17) is 55.9 Å². The van der Waals surface area contributed by atoms with Crippen LogP contribution < -0.4 is 4.74 Å². The van der Waals surface area contributed by atoms with Crippen LogP contribution in [0.1, 0.15) is 10.4 Å². The lowest BCUT2D eigenvalue weighted by Crippen LogP contribution is -2.12. The maximum Gasteiger partial charge on any atom is 0.338 e. The van der Waals surface area contributed by atoms with Crippen LogP contribution in [0, 0.1) is 0 Å². The number of carbonyl (C=O) groups excluding carboxylic acids is 1. The summed E-state index contributed by atoms with van der Waals surface area (Å²) in [5.41, 5.74) is 0.239. The molecule has 0 aliphatic carbocycles. The van der Waals surface area contributed by atoms with Crippen molar-refractivity contribution in [2.24, 2.45) is 0 Å². The van der Waals surface area contributed by atoms with Gasteiger partial charge in [-0.1, -0.05) is 46.4 Å². The number of rotatable bonds is 5. The fourth-order valence-electron chi connectivity index (χ4n) is 1.72. The second kappa shape index (κ2) is 7.97. The number of hydrogen-bond donors (Lipinski definition) is 1. The maximum absolute atomic E-state index is 11.9. The minimum Gasteiger partial charge on any atom is -0.508 e. The van der Waals surface area contributed by atoms with Crippen molar-refractivity contribution >= 4 is 52.4 Å². The summed E-state index contributed by atoms with van der Waals surface area (Å²) in [7, 11) is 0. The number of aromatic hydroxyl groups is 1. The fraction of sp³-hybridized carbons (Fsp3) is 0.133. The van der Waals surface area contributed by atoms with Crippen molar-refractivity contribution in [2.75, 3.05) is 13.2 Å². The number of esters is 1. The molecular formula is C15H10Cl4O4. The molecule has 0 saturated carbocycles. The zero-order valence-corrected chi connectivity index (χ0v) is 14.5. The normalized spacial score (nSPS) is 10.4. The predicted octanol–water partition coefficient (Wildman–Crippen LogP) is 5.24. The molecule has 0 spiro atoms. The number of halogens is 4. The zero-order valence-electron chi connectivity index (χ0n) is 11.5. The third kappa shape index (κ3) is 5.08. The van der Waals surface area contributed by atoms with Gasteiger partial charge in [0.05, 0.1) is 15.6 Å². The summed E-state index contributed by atoms with van der Waals surface area (Å²) in [5, 5.41) is 10.3. The highest BCUT2D eigenvalue weighted by atomic mass is 35.5. The van der Waals surface area contributed by atoms with Gasteiger partial charge >= 0.3 is 5.97 Å². The standard InChI is InChI=1S/C15H10Cl4O4/c16-9-3-8(4-10(17)5-9)15(21)23-2-1-22-14-12(18)6-11(20)7-13(14)19/h3-7,20H,1-2H2. The van der Waals surface area contributed by atoms with E-state index in [1.807, 2.05) is 0 Å². The average Bonchev–Trinajstić information content (AvgIpc) is 2.44. The lowest BCUT2D eigenvalue weighted by atomic mass is 10.2. The first kappa shape index (κ1) is 18.0. The second-order valence-corrected chi connectivity index (χ2v) is 6.07. The smallest absolute Gasteiger partial charge is 0.338 e. The quantitative estimate of drug-likeness (QED) is 0.555. The van der Waals surface area contributed by atoms with Gasteiger partial charge in [-0.15, -0.1) is 0 Å². The van der Waals surface area contributed by atoms with Crippen LogP contribution in [0.25, 0.3) is 0 Å². The van der Waals surface area contributed by atoms with Crippen LogP contribution in [-0.4, -0.2) is 24.3 Å². The molecular weight excluding hydrogens is 386 g/mol. The Kier molecular flexibility index (Phi) is 6.25.